The number of amides is 1. The predicted octanol–water partition coefficient (Wildman–Crippen LogP) is 5.20. The second-order valence-corrected chi connectivity index (χ2v) is 6.67. The molecule has 0 fully saturated rings. The van der Waals surface area contributed by atoms with Crippen LogP contribution in [0.3, 0.4) is 0 Å². The van der Waals surface area contributed by atoms with Gasteiger partial charge in [-0.2, -0.15) is 0 Å². The van der Waals surface area contributed by atoms with Crippen molar-refractivity contribution in [2.45, 2.75) is 19.4 Å². The summed E-state index contributed by atoms with van der Waals surface area (Å²) < 4.78 is 11.6. The number of hydrogen-bond donors (Lipinski definition) is 1. The molecular formula is C24H21N3O3. The average Bonchev–Trinajstić information content (AvgIpc) is 3.29. The Labute approximate surface area is 174 Å². The van der Waals surface area contributed by atoms with E-state index in [1.54, 1.807) is 12.1 Å². The normalized spacial score (nSPS) is 11.6. The molecule has 4 rings (SSSR count). The SMILES string of the molecule is CC[C@H](Oc1ccccc1)C(=O)Nc1ccc(-c2nnc(-c3ccccc3)o2)cc1. The van der Waals surface area contributed by atoms with Gasteiger partial charge in [-0.15, -0.1) is 10.2 Å². The van der Waals surface area contributed by atoms with Crippen LogP contribution in [-0.4, -0.2) is 22.2 Å². The Morgan fingerprint density at radius 2 is 1.43 bits per heavy atom. The lowest BCUT2D eigenvalue weighted by Crippen LogP contribution is -2.32. The highest BCUT2D eigenvalue weighted by atomic mass is 16.5. The lowest BCUT2D eigenvalue weighted by Gasteiger charge is -2.17. The van der Waals surface area contributed by atoms with E-state index in [0.29, 0.717) is 29.6 Å². The topological polar surface area (TPSA) is 77.2 Å². The maximum atomic E-state index is 12.6. The van der Waals surface area contributed by atoms with Gasteiger partial charge in [-0.05, 0) is 55.0 Å². The van der Waals surface area contributed by atoms with Crippen LogP contribution in [0, 0.1) is 0 Å². The number of aromatic nitrogens is 2. The highest BCUT2D eigenvalue weighted by Crippen LogP contribution is 2.25. The fourth-order valence-electron chi connectivity index (χ4n) is 2.94. The van der Waals surface area contributed by atoms with Crippen molar-refractivity contribution in [2.75, 3.05) is 5.32 Å². The standard InChI is InChI=1S/C24H21N3O3/c1-2-21(29-20-11-7-4-8-12-20)22(28)25-19-15-13-18(14-16-19)24-27-26-23(30-24)17-9-5-3-6-10-17/h3-16,21H,2H2,1H3,(H,25,28)/t21-/m0/s1. The number of carbonyl (C=O) groups excluding carboxylic acids is 1. The van der Waals surface area contributed by atoms with Gasteiger partial charge in [0, 0.05) is 16.8 Å². The van der Waals surface area contributed by atoms with Crippen LogP contribution in [-0.2, 0) is 4.79 Å². The van der Waals surface area contributed by atoms with E-state index in [1.165, 1.54) is 0 Å². The van der Waals surface area contributed by atoms with Crippen molar-refractivity contribution in [3.8, 4) is 28.7 Å². The van der Waals surface area contributed by atoms with E-state index < -0.39 is 6.10 Å². The predicted molar refractivity (Wildman–Crippen MR) is 115 cm³/mol. The minimum Gasteiger partial charge on any atom is -0.481 e. The number of nitrogens with one attached hydrogen (secondary N) is 1. The summed E-state index contributed by atoms with van der Waals surface area (Å²) in [5.41, 5.74) is 2.31. The molecule has 0 aliphatic heterocycles. The molecule has 0 unspecified atom stereocenters. The largest absolute Gasteiger partial charge is 0.481 e. The lowest BCUT2D eigenvalue weighted by molar-refractivity contribution is -0.122. The monoisotopic (exact) mass is 399 g/mol. The summed E-state index contributed by atoms with van der Waals surface area (Å²) in [7, 11) is 0. The number of ether oxygens (including phenoxy) is 1. The first-order valence-corrected chi connectivity index (χ1v) is 9.75. The second kappa shape index (κ2) is 9.05. The van der Waals surface area contributed by atoms with Crippen LogP contribution in [0.4, 0.5) is 5.69 Å². The lowest BCUT2D eigenvalue weighted by atomic mass is 10.2. The zero-order valence-electron chi connectivity index (χ0n) is 16.5. The summed E-state index contributed by atoms with van der Waals surface area (Å²) in [6, 6.07) is 26.2. The number of anilines is 1. The van der Waals surface area contributed by atoms with Gasteiger partial charge in [0.25, 0.3) is 5.91 Å². The smallest absolute Gasteiger partial charge is 0.265 e. The highest BCUT2D eigenvalue weighted by molar-refractivity contribution is 5.94. The molecular weight excluding hydrogens is 378 g/mol. The molecule has 0 saturated carbocycles. The van der Waals surface area contributed by atoms with Crippen molar-refractivity contribution in [3.05, 3.63) is 84.9 Å². The van der Waals surface area contributed by atoms with E-state index in [-0.39, 0.29) is 5.91 Å². The van der Waals surface area contributed by atoms with Gasteiger partial charge in [-0.3, -0.25) is 4.79 Å². The second-order valence-electron chi connectivity index (χ2n) is 6.67. The molecule has 6 heteroatoms. The van der Waals surface area contributed by atoms with Crippen LogP contribution >= 0.6 is 0 Å². The number of rotatable bonds is 7. The summed E-state index contributed by atoms with van der Waals surface area (Å²) in [6.45, 7) is 1.91. The van der Waals surface area contributed by atoms with E-state index in [0.717, 1.165) is 11.1 Å². The maximum Gasteiger partial charge on any atom is 0.265 e. The van der Waals surface area contributed by atoms with Crippen LogP contribution in [0.25, 0.3) is 22.9 Å². The van der Waals surface area contributed by atoms with Crippen LogP contribution in [0.2, 0.25) is 0 Å². The Kier molecular flexibility index (Phi) is 5.85. The van der Waals surface area contributed by atoms with E-state index in [1.807, 2.05) is 79.7 Å². The molecule has 0 spiro atoms. The number of nitrogens with zero attached hydrogens (tertiary/aromatic N) is 2. The zero-order chi connectivity index (χ0) is 20.8. The first-order valence-electron chi connectivity index (χ1n) is 9.75. The molecule has 30 heavy (non-hydrogen) atoms. The third-order valence-corrected chi connectivity index (χ3v) is 4.53. The molecule has 0 aliphatic carbocycles. The minimum atomic E-state index is -0.573. The number of benzene rings is 3. The molecule has 0 bridgehead atoms. The molecule has 3 aromatic carbocycles. The Morgan fingerprint density at radius 3 is 2.03 bits per heavy atom. The van der Waals surface area contributed by atoms with Crippen LogP contribution in [0.5, 0.6) is 5.75 Å². The molecule has 0 saturated heterocycles. The molecule has 4 aromatic rings. The fraction of sp³-hybridized carbons (Fsp3) is 0.125. The number of carbonyl (C=O) groups is 1. The molecule has 0 radical (unpaired) electrons. The molecule has 1 aromatic heterocycles. The summed E-state index contributed by atoms with van der Waals surface area (Å²) >= 11 is 0. The molecule has 0 aliphatic rings. The molecule has 1 atom stereocenters. The Hall–Kier alpha value is -3.93. The Morgan fingerprint density at radius 1 is 0.867 bits per heavy atom. The molecule has 6 nitrogen and oxygen atoms in total. The van der Waals surface area contributed by atoms with Gasteiger partial charge in [0.05, 0.1) is 0 Å². The van der Waals surface area contributed by atoms with Crippen LogP contribution < -0.4 is 10.1 Å². The van der Waals surface area contributed by atoms with E-state index in [9.17, 15) is 4.79 Å². The number of para-hydroxylation sites is 1. The van der Waals surface area contributed by atoms with Gasteiger partial charge in [0.15, 0.2) is 6.10 Å². The fourth-order valence-corrected chi connectivity index (χ4v) is 2.94. The van der Waals surface area contributed by atoms with Crippen molar-refractivity contribution in [1.29, 1.82) is 0 Å². The third-order valence-electron chi connectivity index (χ3n) is 4.53. The van der Waals surface area contributed by atoms with Crippen molar-refractivity contribution in [2.24, 2.45) is 0 Å². The Balaban J connectivity index is 1.42. The summed E-state index contributed by atoms with van der Waals surface area (Å²) in [6.07, 6.45) is -0.0141. The maximum absolute atomic E-state index is 12.6. The third kappa shape index (κ3) is 4.55. The van der Waals surface area contributed by atoms with Gasteiger partial charge < -0.3 is 14.5 Å². The van der Waals surface area contributed by atoms with E-state index >= 15 is 0 Å². The average molecular weight is 399 g/mol. The quantitative estimate of drug-likeness (QED) is 0.462. The molecule has 150 valence electrons. The van der Waals surface area contributed by atoms with E-state index in [4.69, 9.17) is 9.15 Å². The van der Waals surface area contributed by atoms with Crippen LogP contribution in [0.15, 0.2) is 89.3 Å². The zero-order valence-corrected chi connectivity index (χ0v) is 16.5. The summed E-state index contributed by atoms with van der Waals surface area (Å²) in [4.78, 5) is 12.6. The summed E-state index contributed by atoms with van der Waals surface area (Å²) in [5, 5.41) is 11.1. The molecule has 1 amide bonds. The van der Waals surface area contributed by atoms with E-state index in [2.05, 4.69) is 15.5 Å². The first kappa shape index (κ1) is 19.4. The molecule has 1 heterocycles. The minimum absolute atomic E-state index is 0.196. The first-order chi connectivity index (χ1) is 14.7. The van der Waals surface area contributed by atoms with Crippen molar-refractivity contribution < 1.29 is 13.9 Å². The van der Waals surface area contributed by atoms with Crippen molar-refractivity contribution in [1.82, 2.24) is 10.2 Å². The van der Waals surface area contributed by atoms with Gasteiger partial charge in [-0.1, -0.05) is 43.3 Å². The van der Waals surface area contributed by atoms with Gasteiger partial charge in [-0.25, -0.2) is 0 Å². The molecule has 1 N–H and O–H groups in total. The Bertz CT molecular complexity index is 1090. The highest BCUT2D eigenvalue weighted by Gasteiger charge is 2.18. The van der Waals surface area contributed by atoms with Gasteiger partial charge in [0.1, 0.15) is 5.75 Å². The number of hydrogen-bond acceptors (Lipinski definition) is 5. The summed E-state index contributed by atoms with van der Waals surface area (Å²) in [5.74, 6) is 1.36. The van der Waals surface area contributed by atoms with Crippen molar-refractivity contribution >= 4 is 11.6 Å². The van der Waals surface area contributed by atoms with Gasteiger partial charge in [0.2, 0.25) is 11.8 Å². The van der Waals surface area contributed by atoms with Crippen molar-refractivity contribution in [3.63, 3.8) is 0 Å². The van der Waals surface area contributed by atoms with Gasteiger partial charge >= 0.3 is 0 Å². The van der Waals surface area contributed by atoms with Crippen LogP contribution in [0.1, 0.15) is 13.3 Å².